The van der Waals surface area contributed by atoms with E-state index in [1.807, 2.05) is 43.1 Å². The van der Waals surface area contributed by atoms with Gasteiger partial charge in [-0.2, -0.15) is 0 Å². The average Bonchev–Trinajstić information content (AvgIpc) is 2.38. The Morgan fingerprint density at radius 3 is 2.63 bits per heavy atom. The molecule has 3 heteroatoms. The van der Waals surface area contributed by atoms with Crippen LogP contribution in [0.3, 0.4) is 0 Å². The minimum atomic E-state index is -0.225. The summed E-state index contributed by atoms with van der Waals surface area (Å²) >= 11 is 0. The zero-order valence-electron chi connectivity index (χ0n) is 11.2. The van der Waals surface area contributed by atoms with Gasteiger partial charge in [0.25, 0.3) is 0 Å². The number of halogens is 1. The molecule has 0 aliphatic heterocycles. The molecule has 1 N–H and O–H groups in total. The molecule has 0 aliphatic rings. The minimum Gasteiger partial charge on any atom is -0.392 e. The highest BCUT2D eigenvalue weighted by Crippen LogP contribution is 2.22. The molecule has 0 atom stereocenters. The lowest BCUT2D eigenvalue weighted by molar-refractivity contribution is 0.282. The second-order valence-electron chi connectivity index (χ2n) is 4.78. The summed E-state index contributed by atoms with van der Waals surface area (Å²) in [7, 11) is 1.94. The van der Waals surface area contributed by atoms with Crippen molar-refractivity contribution in [1.29, 1.82) is 0 Å². The molecule has 0 saturated heterocycles. The van der Waals surface area contributed by atoms with Crippen molar-refractivity contribution in [2.45, 2.75) is 20.1 Å². The predicted molar refractivity (Wildman–Crippen MR) is 75.6 cm³/mol. The molecule has 2 nitrogen and oxygen atoms in total. The van der Waals surface area contributed by atoms with E-state index in [-0.39, 0.29) is 12.4 Å². The van der Waals surface area contributed by atoms with E-state index < -0.39 is 0 Å². The van der Waals surface area contributed by atoms with Gasteiger partial charge in [-0.15, -0.1) is 0 Å². The lowest BCUT2D eigenvalue weighted by atomic mass is 10.1. The van der Waals surface area contributed by atoms with E-state index in [0.29, 0.717) is 6.54 Å². The second-order valence-corrected chi connectivity index (χ2v) is 4.78. The Bertz CT molecular complexity index is 568. The Labute approximate surface area is 113 Å². The number of hydrogen-bond donors (Lipinski definition) is 1. The van der Waals surface area contributed by atoms with Crippen molar-refractivity contribution in [3.05, 3.63) is 65.0 Å². The molecule has 19 heavy (non-hydrogen) atoms. The molecule has 0 amide bonds. The molecule has 0 unspecified atom stereocenters. The molecule has 2 rings (SSSR count). The number of aryl methyl sites for hydroxylation is 1. The van der Waals surface area contributed by atoms with E-state index in [9.17, 15) is 9.50 Å². The quantitative estimate of drug-likeness (QED) is 0.911. The molecular weight excluding hydrogens is 241 g/mol. The van der Waals surface area contributed by atoms with Crippen LogP contribution in [0.4, 0.5) is 10.1 Å². The fourth-order valence-corrected chi connectivity index (χ4v) is 2.21. The van der Waals surface area contributed by atoms with Gasteiger partial charge in [0.15, 0.2) is 0 Å². The van der Waals surface area contributed by atoms with Gasteiger partial charge in [0, 0.05) is 24.8 Å². The van der Waals surface area contributed by atoms with Crippen LogP contribution in [0, 0.1) is 12.7 Å². The largest absolute Gasteiger partial charge is 0.392 e. The summed E-state index contributed by atoms with van der Waals surface area (Å²) in [5, 5.41) is 9.42. The summed E-state index contributed by atoms with van der Waals surface area (Å²) in [5.41, 5.74) is 3.88. The molecule has 100 valence electrons. The minimum absolute atomic E-state index is 0.00447. The number of aliphatic hydroxyl groups excluding tert-OH is 1. The molecule has 0 saturated carbocycles. The molecule has 0 bridgehead atoms. The lowest BCUT2D eigenvalue weighted by Crippen LogP contribution is -2.18. The zero-order valence-corrected chi connectivity index (χ0v) is 11.2. The predicted octanol–water partition coefficient (Wildman–Crippen LogP) is 3.26. The number of benzene rings is 2. The molecule has 0 radical (unpaired) electrons. The third-order valence-corrected chi connectivity index (χ3v) is 3.13. The standard InChI is InChI=1S/C16H18FNO/c1-12-6-7-16(14(8-12)11-19)18(2)10-13-4-3-5-15(17)9-13/h3-9,19H,10-11H2,1-2H3. The Kier molecular flexibility index (Phi) is 4.17. The lowest BCUT2D eigenvalue weighted by Gasteiger charge is -2.22. The Morgan fingerprint density at radius 1 is 1.16 bits per heavy atom. The molecule has 2 aromatic rings. The van der Waals surface area contributed by atoms with Crippen molar-refractivity contribution >= 4 is 5.69 Å². The number of nitrogens with zero attached hydrogens (tertiary/aromatic N) is 1. The van der Waals surface area contributed by atoms with Crippen molar-refractivity contribution in [2.24, 2.45) is 0 Å². The number of anilines is 1. The summed E-state index contributed by atoms with van der Waals surface area (Å²) in [5.74, 6) is -0.225. The van der Waals surface area contributed by atoms with Gasteiger partial charge in [0.1, 0.15) is 5.82 Å². The zero-order chi connectivity index (χ0) is 13.8. The molecule has 0 aromatic heterocycles. The van der Waals surface area contributed by atoms with Crippen molar-refractivity contribution in [1.82, 2.24) is 0 Å². The summed E-state index contributed by atoms with van der Waals surface area (Å²) in [4.78, 5) is 2.01. The smallest absolute Gasteiger partial charge is 0.123 e. The first-order valence-electron chi connectivity index (χ1n) is 6.26. The average molecular weight is 259 g/mol. The first-order chi connectivity index (χ1) is 9.10. The third kappa shape index (κ3) is 3.32. The molecule has 2 aromatic carbocycles. The summed E-state index contributed by atoms with van der Waals surface area (Å²) in [6.07, 6.45) is 0. The van der Waals surface area contributed by atoms with Gasteiger partial charge in [0.05, 0.1) is 6.61 Å². The highest BCUT2D eigenvalue weighted by Gasteiger charge is 2.08. The van der Waals surface area contributed by atoms with Crippen LogP contribution in [0.1, 0.15) is 16.7 Å². The van der Waals surface area contributed by atoms with Crippen LogP contribution in [0.25, 0.3) is 0 Å². The summed E-state index contributed by atoms with van der Waals surface area (Å²) in [6.45, 7) is 2.60. The van der Waals surface area contributed by atoms with Gasteiger partial charge in [-0.3, -0.25) is 0 Å². The van der Waals surface area contributed by atoms with Gasteiger partial charge < -0.3 is 10.0 Å². The van der Waals surface area contributed by atoms with Crippen molar-refractivity contribution in [3.63, 3.8) is 0 Å². The van der Waals surface area contributed by atoms with E-state index in [4.69, 9.17) is 0 Å². The highest BCUT2D eigenvalue weighted by molar-refractivity contribution is 5.54. The van der Waals surface area contributed by atoms with Crippen molar-refractivity contribution < 1.29 is 9.50 Å². The first kappa shape index (κ1) is 13.6. The summed E-state index contributed by atoms with van der Waals surface area (Å²) < 4.78 is 13.2. The Morgan fingerprint density at radius 2 is 1.95 bits per heavy atom. The number of rotatable bonds is 4. The van der Waals surface area contributed by atoms with E-state index >= 15 is 0 Å². The molecule has 0 fully saturated rings. The Balaban J connectivity index is 2.22. The fourth-order valence-electron chi connectivity index (χ4n) is 2.21. The highest BCUT2D eigenvalue weighted by atomic mass is 19.1. The molecular formula is C16H18FNO. The topological polar surface area (TPSA) is 23.5 Å². The van der Waals surface area contributed by atoms with Crippen LogP contribution < -0.4 is 4.90 Å². The maximum atomic E-state index is 13.2. The maximum Gasteiger partial charge on any atom is 0.123 e. The molecule has 0 aliphatic carbocycles. The van der Waals surface area contributed by atoms with Crippen LogP contribution in [0.2, 0.25) is 0 Å². The normalized spacial score (nSPS) is 10.5. The van der Waals surface area contributed by atoms with Gasteiger partial charge in [0.2, 0.25) is 0 Å². The SMILES string of the molecule is Cc1ccc(N(C)Cc2cccc(F)c2)c(CO)c1. The van der Waals surface area contributed by atoms with Gasteiger partial charge in [-0.25, -0.2) is 4.39 Å². The van der Waals surface area contributed by atoms with Crippen LogP contribution in [0.5, 0.6) is 0 Å². The van der Waals surface area contributed by atoms with E-state index in [1.165, 1.54) is 12.1 Å². The van der Waals surface area contributed by atoms with E-state index in [1.54, 1.807) is 6.07 Å². The monoisotopic (exact) mass is 259 g/mol. The second kappa shape index (κ2) is 5.85. The van der Waals surface area contributed by atoms with Crippen LogP contribution >= 0.6 is 0 Å². The third-order valence-electron chi connectivity index (χ3n) is 3.13. The fraction of sp³-hybridized carbons (Fsp3) is 0.250. The van der Waals surface area contributed by atoms with Gasteiger partial charge in [-0.1, -0.05) is 29.8 Å². The molecule has 0 heterocycles. The van der Waals surface area contributed by atoms with Gasteiger partial charge in [-0.05, 0) is 30.7 Å². The van der Waals surface area contributed by atoms with E-state index in [0.717, 1.165) is 22.4 Å². The van der Waals surface area contributed by atoms with E-state index in [2.05, 4.69) is 0 Å². The number of aliphatic hydroxyl groups is 1. The van der Waals surface area contributed by atoms with Gasteiger partial charge >= 0.3 is 0 Å². The van der Waals surface area contributed by atoms with Crippen LogP contribution in [-0.2, 0) is 13.2 Å². The Hall–Kier alpha value is -1.87. The summed E-state index contributed by atoms with van der Waals surface area (Å²) in [6, 6.07) is 12.5. The number of hydrogen-bond acceptors (Lipinski definition) is 2. The van der Waals surface area contributed by atoms with Crippen molar-refractivity contribution in [2.75, 3.05) is 11.9 Å². The molecule has 0 spiro atoms. The van der Waals surface area contributed by atoms with Crippen molar-refractivity contribution in [3.8, 4) is 0 Å². The van der Waals surface area contributed by atoms with Crippen LogP contribution in [-0.4, -0.2) is 12.2 Å². The first-order valence-corrected chi connectivity index (χ1v) is 6.26. The maximum absolute atomic E-state index is 13.2. The van der Waals surface area contributed by atoms with Crippen LogP contribution in [0.15, 0.2) is 42.5 Å².